The van der Waals surface area contributed by atoms with E-state index >= 15 is 0 Å². The van der Waals surface area contributed by atoms with E-state index in [1.165, 1.54) is 16.7 Å². The minimum absolute atomic E-state index is 0.328. The molecule has 1 saturated heterocycles. The largest absolute Gasteiger partial charge is 0.481 e. The van der Waals surface area contributed by atoms with Crippen molar-refractivity contribution in [2.75, 3.05) is 13.2 Å². The first kappa shape index (κ1) is 12.1. The predicted octanol–water partition coefficient (Wildman–Crippen LogP) is 2.26. The lowest BCUT2D eigenvalue weighted by Gasteiger charge is -2.37. The van der Waals surface area contributed by atoms with Gasteiger partial charge in [0.1, 0.15) is 5.41 Å². The smallest absolute Gasteiger partial charge is 0.314 e. The molecule has 0 spiro atoms. The van der Waals surface area contributed by atoms with Gasteiger partial charge in [-0.15, -0.1) is 0 Å². The topological polar surface area (TPSA) is 46.5 Å². The number of carboxylic acids is 1. The molecule has 0 aromatic heterocycles. The minimum atomic E-state index is -0.749. The van der Waals surface area contributed by atoms with Crippen LogP contribution >= 0.6 is 0 Å². The van der Waals surface area contributed by atoms with Crippen molar-refractivity contribution in [2.45, 2.75) is 27.2 Å². The maximum Gasteiger partial charge on any atom is 0.314 e. The number of carboxylic acid groups (broad SMARTS) is 1. The van der Waals surface area contributed by atoms with Crippen LogP contribution in [0.3, 0.4) is 0 Å². The van der Waals surface area contributed by atoms with Crippen LogP contribution in [0.5, 0.6) is 0 Å². The molecule has 0 bridgehead atoms. The number of ether oxygens (including phenoxy) is 1. The van der Waals surface area contributed by atoms with Crippen LogP contribution in [0.15, 0.2) is 12.1 Å². The third kappa shape index (κ3) is 2.07. The highest BCUT2D eigenvalue weighted by Gasteiger charge is 2.46. The summed E-state index contributed by atoms with van der Waals surface area (Å²) in [7, 11) is 0. The molecule has 0 atom stereocenters. The Labute approximate surface area is 101 Å². The van der Waals surface area contributed by atoms with Gasteiger partial charge in [-0.25, -0.2) is 0 Å². The van der Waals surface area contributed by atoms with Gasteiger partial charge in [-0.3, -0.25) is 4.79 Å². The van der Waals surface area contributed by atoms with Crippen LogP contribution in [0, 0.1) is 26.2 Å². The van der Waals surface area contributed by atoms with Crippen molar-refractivity contribution in [2.24, 2.45) is 5.41 Å². The second-order valence-electron chi connectivity index (χ2n) is 5.12. The van der Waals surface area contributed by atoms with Crippen LogP contribution < -0.4 is 0 Å². The molecule has 0 unspecified atom stereocenters. The maximum absolute atomic E-state index is 11.3. The predicted molar refractivity (Wildman–Crippen MR) is 65.2 cm³/mol. The molecule has 2 rings (SSSR count). The maximum atomic E-state index is 11.3. The van der Waals surface area contributed by atoms with E-state index in [2.05, 4.69) is 26.0 Å². The molecule has 1 fully saturated rings. The molecule has 92 valence electrons. The summed E-state index contributed by atoms with van der Waals surface area (Å²) in [6, 6.07) is 4.23. The zero-order valence-corrected chi connectivity index (χ0v) is 10.5. The van der Waals surface area contributed by atoms with E-state index in [1.54, 1.807) is 0 Å². The number of carbonyl (C=O) groups is 1. The minimum Gasteiger partial charge on any atom is -0.481 e. The van der Waals surface area contributed by atoms with Crippen molar-refractivity contribution in [3.05, 3.63) is 34.4 Å². The first-order chi connectivity index (χ1) is 7.94. The van der Waals surface area contributed by atoms with Crippen LogP contribution in [0.25, 0.3) is 0 Å². The summed E-state index contributed by atoms with van der Waals surface area (Å²) >= 11 is 0. The average Bonchev–Trinajstić information content (AvgIpc) is 2.18. The Morgan fingerprint density at radius 1 is 1.24 bits per heavy atom. The fourth-order valence-corrected chi connectivity index (χ4v) is 2.22. The van der Waals surface area contributed by atoms with E-state index in [1.807, 2.05) is 6.92 Å². The summed E-state index contributed by atoms with van der Waals surface area (Å²) in [6.07, 6.45) is 0.565. The van der Waals surface area contributed by atoms with Crippen LogP contribution in [0.1, 0.15) is 22.3 Å². The summed E-state index contributed by atoms with van der Waals surface area (Å²) in [4.78, 5) is 11.3. The molecule has 1 aromatic carbocycles. The normalized spacial score (nSPS) is 17.6. The second kappa shape index (κ2) is 4.15. The SMILES string of the molecule is Cc1cc(C)c(CC2(C(=O)O)COC2)cc1C. The Kier molecular flexibility index (Phi) is 2.96. The van der Waals surface area contributed by atoms with Gasteiger partial charge in [-0.2, -0.15) is 0 Å². The number of rotatable bonds is 3. The van der Waals surface area contributed by atoms with Gasteiger partial charge in [0.05, 0.1) is 13.2 Å². The second-order valence-corrected chi connectivity index (χ2v) is 5.12. The molecule has 1 aromatic rings. The van der Waals surface area contributed by atoms with E-state index in [0.717, 1.165) is 5.56 Å². The van der Waals surface area contributed by atoms with E-state index in [-0.39, 0.29) is 0 Å². The Morgan fingerprint density at radius 3 is 2.29 bits per heavy atom. The molecule has 1 heterocycles. The highest BCUT2D eigenvalue weighted by Crippen LogP contribution is 2.33. The number of benzene rings is 1. The van der Waals surface area contributed by atoms with Gasteiger partial charge in [0.15, 0.2) is 0 Å². The fraction of sp³-hybridized carbons (Fsp3) is 0.500. The molecule has 1 N–H and O–H groups in total. The molecular weight excluding hydrogens is 216 g/mol. The number of hydrogen-bond acceptors (Lipinski definition) is 2. The van der Waals surface area contributed by atoms with Crippen LogP contribution in [0.4, 0.5) is 0 Å². The molecule has 0 aliphatic carbocycles. The van der Waals surface area contributed by atoms with Crippen molar-refractivity contribution in [1.29, 1.82) is 0 Å². The Balaban J connectivity index is 2.30. The molecule has 0 radical (unpaired) electrons. The summed E-state index contributed by atoms with van der Waals surface area (Å²) in [6.45, 7) is 6.83. The summed E-state index contributed by atoms with van der Waals surface area (Å²) in [5.74, 6) is -0.749. The van der Waals surface area contributed by atoms with E-state index in [0.29, 0.717) is 19.6 Å². The molecule has 0 amide bonds. The van der Waals surface area contributed by atoms with E-state index < -0.39 is 11.4 Å². The number of aryl methyl sites for hydroxylation is 3. The zero-order valence-electron chi connectivity index (χ0n) is 10.5. The van der Waals surface area contributed by atoms with Gasteiger partial charge in [0.2, 0.25) is 0 Å². The molecule has 1 aliphatic heterocycles. The molecule has 3 nitrogen and oxygen atoms in total. The first-order valence-electron chi connectivity index (χ1n) is 5.82. The quantitative estimate of drug-likeness (QED) is 0.872. The standard InChI is InChI=1S/C14H18O3/c1-9-4-11(3)12(5-10(9)2)6-14(13(15)16)7-17-8-14/h4-5H,6-8H2,1-3H3,(H,15,16). The Hall–Kier alpha value is -1.35. The van der Waals surface area contributed by atoms with Gasteiger partial charge in [0, 0.05) is 0 Å². The summed E-state index contributed by atoms with van der Waals surface area (Å²) in [5, 5.41) is 9.28. The average molecular weight is 234 g/mol. The van der Waals surface area contributed by atoms with Crippen molar-refractivity contribution in [3.8, 4) is 0 Å². The Morgan fingerprint density at radius 2 is 1.82 bits per heavy atom. The molecule has 0 saturated carbocycles. The Bertz CT molecular complexity index is 459. The first-order valence-corrected chi connectivity index (χ1v) is 5.82. The van der Waals surface area contributed by atoms with Crippen molar-refractivity contribution in [1.82, 2.24) is 0 Å². The van der Waals surface area contributed by atoms with Crippen LogP contribution in [-0.2, 0) is 16.0 Å². The van der Waals surface area contributed by atoms with Gasteiger partial charge in [0.25, 0.3) is 0 Å². The highest BCUT2D eigenvalue weighted by molar-refractivity contribution is 5.76. The van der Waals surface area contributed by atoms with Gasteiger partial charge in [-0.05, 0) is 49.4 Å². The van der Waals surface area contributed by atoms with E-state index in [9.17, 15) is 9.90 Å². The zero-order chi connectivity index (χ0) is 12.6. The van der Waals surface area contributed by atoms with Gasteiger partial charge < -0.3 is 9.84 Å². The van der Waals surface area contributed by atoms with Gasteiger partial charge >= 0.3 is 5.97 Å². The highest BCUT2D eigenvalue weighted by atomic mass is 16.5. The van der Waals surface area contributed by atoms with Crippen LogP contribution in [0.2, 0.25) is 0 Å². The third-order valence-corrected chi connectivity index (χ3v) is 3.69. The van der Waals surface area contributed by atoms with Crippen molar-refractivity contribution < 1.29 is 14.6 Å². The van der Waals surface area contributed by atoms with Crippen LogP contribution in [-0.4, -0.2) is 24.3 Å². The molecule has 1 aliphatic rings. The van der Waals surface area contributed by atoms with E-state index in [4.69, 9.17) is 4.74 Å². The third-order valence-electron chi connectivity index (χ3n) is 3.69. The summed E-state index contributed by atoms with van der Waals surface area (Å²) in [5.41, 5.74) is 4.05. The van der Waals surface area contributed by atoms with Gasteiger partial charge in [-0.1, -0.05) is 12.1 Å². The lowest BCUT2D eigenvalue weighted by Crippen LogP contribution is -2.50. The van der Waals surface area contributed by atoms with Crippen molar-refractivity contribution in [3.63, 3.8) is 0 Å². The monoisotopic (exact) mass is 234 g/mol. The molecular formula is C14H18O3. The lowest BCUT2D eigenvalue weighted by molar-refractivity contribution is -0.179. The summed E-state index contributed by atoms with van der Waals surface area (Å²) < 4.78 is 5.08. The number of hydrogen-bond donors (Lipinski definition) is 1. The lowest BCUT2D eigenvalue weighted by atomic mass is 9.78. The number of aliphatic carboxylic acids is 1. The molecule has 3 heteroatoms. The fourth-order valence-electron chi connectivity index (χ4n) is 2.22. The molecule has 17 heavy (non-hydrogen) atoms. The van der Waals surface area contributed by atoms with Crippen molar-refractivity contribution >= 4 is 5.97 Å².